The molecule has 0 saturated heterocycles. The Bertz CT molecular complexity index is 585. The van der Waals surface area contributed by atoms with E-state index in [4.69, 9.17) is 4.52 Å². The fraction of sp³-hybridized carbons (Fsp3) is 0.467. The van der Waals surface area contributed by atoms with Gasteiger partial charge in [0.2, 0.25) is 5.89 Å². The molecule has 0 spiro atoms. The van der Waals surface area contributed by atoms with E-state index in [-0.39, 0.29) is 12.0 Å². The molecule has 1 heterocycles. The van der Waals surface area contributed by atoms with Crippen LogP contribution in [0.5, 0.6) is 0 Å². The molecule has 0 saturated carbocycles. The molecule has 1 aromatic carbocycles. The van der Waals surface area contributed by atoms with Gasteiger partial charge in [0.1, 0.15) is 11.6 Å². The molecule has 0 fully saturated rings. The molecule has 0 aliphatic carbocycles. The minimum absolute atomic E-state index is 0.0297. The molecule has 0 aliphatic heterocycles. The maximum atomic E-state index is 13.1. The van der Waals surface area contributed by atoms with E-state index in [1.54, 1.807) is 0 Å². The van der Waals surface area contributed by atoms with Gasteiger partial charge < -0.3 is 9.84 Å². The molecule has 0 unspecified atom stereocenters. The highest BCUT2D eigenvalue weighted by Gasteiger charge is 2.11. The Kier molecular flexibility index (Phi) is 4.67. The molecule has 0 amide bonds. The average Bonchev–Trinajstić information content (AvgIpc) is 2.73. The third kappa shape index (κ3) is 5.23. The quantitative estimate of drug-likeness (QED) is 0.921. The average molecular weight is 295 g/mol. The molecule has 0 radical (unpaired) electrons. The normalized spacial score (nSPS) is 11.9. The summed E-state index contributed by atoms with van der Waals surface area (Å²) < 4.78 is 31.3. The number of hydrogen-bond acceptors (Lipinski definition) is 4. The van der Waals surface area contributed by atoms with E-state index in [0.29, 0.717) is 23.7 Å². The van der Waals surface area contributed by atoms with Gasteiger partial charge >= 0.3 is 0 Å². The minimum atomic E-state index is -0.608. The van der Waals surface area contributed by atoms with Gasteiger partial charge in [0.25, 0.3) is 0 Å². The van der Waals surface area contributed by atoms with Crippen molar-refractivity contribution >= 4 is 0 Å². The first-order chi connectivity index (χ1) is 9.82. The highest BCUT2D eigenvalue weighted by molar-refractivity contribution is 5.21. The summed E-state index contributed by atoms with van der Waals surface area (Å²) in [6, 6.07) is 3.36. The van der Waals surface area contributed by atoms with Crippen molar-refractivity contribution in [3.63, 3.8) is 0 Å². The number of aromatic nitrogens is 2. The van der Waals surface area contributed by atoms with Gasteiger partial charge in [-0.1, -0.05) is 5.16 Å². The Hall–Kier alpha value is -1.82. The number of nitrogens with one attached hydrogen (secondary N) is 1. The predicted molar refractivity (Wildman–Crippen MR) is 74.9 cm³/mol. The van der Waals surface area contributed by atoms with Gasteiger partial charge in [-0.2, -0.15) is 4.98 Å². The van der Waals surface area contributed by atoms with Crippen LogP contribution in [0.25, 0.3) is 0 Å². The van der Waals surface area contributed by atoms with Crippen LogP contribution in [0, 0.1) is 11.6 Å². The summed E-state index contributed by atoms with van der Waals surface area (Å²) in [5, 5.41) is 7.14. The maximum absolute atomic E-state index is 13.1. The van der Waals surface area contributed by atoms with Gasteiger partial charge in [-0.25, -0.2) is 8.78 Å². The molecule has 0 bridgehead atoms. The van der Waals surface area contributed by atoms with Crippen LogP contribution in [0.4, 0.5) is 8.78 Å². The summed E-state index contributed by atoms with van der Waals surface area (Å²) in [6.45, 7) is 6.94. The Morgan fingerprint density at radius 2 is 1.81 bits per heavy atom. The summed E-state index contributed by atoms with van der Waals surface area (Å²) in [5.41, 5.74) is 0.509. The number of rotatable bonds is 5. The van der Waals surface area contributed by atoms with E-state index >= 15 is 0 Å². The van der Waals surface area contributed by atoms with E-state index in [1.807, 2.05) is 0 Å². The van der Waals surface area contributed by atoms with Crippen molar-refractivity contribution in [1.29, 1.82) is 0 Å². The van der Waals surface area contributed by atoms with Crippen LogP contribution in [0.2, 0.25) is 0 Å². The largest absolute Gasteiger partial charge is 0.339 e. The zero-order valence-electron chi connectivity index (χ0n) is 12.4. The second-order valence-corrected chi connectivity index (χ2v) is 5.99. The van der Waals surface area contributed by atoms with Crippen LogP contribution < -0.4 is 5.32 Å². The molecule has 2 rings (SSSR count). The molecule has 114 valence electrons. The van der Waals surface area contributed by atoms with Crippen molar-refractivity contribution in [2.24, 2.45) is 0 Å². The summed E-state index contributed by atoms with van der Waals surface area (Å²) >= 11 is 0. The van der Waals surface area contributed by atoms with Gasteiger partial charge in [-0.3, -0.25) is 0 Å². The van der Waals surface area contributed by atoms with Gasteiger partial charge in [0, 0.05) is 31.0 Å². The third-order valence-corrected chi connectivity index (χ3v) is 2.79. The number of benzene rings is 1. The van der Waals surface area contributed by atoms with Crippen molar-refractivity contribution in [1.82, 2.24) is 15.5 Å². The van der Waals surface area contributed by atoms with Crippen LogP contribution in [-0.2, 0) is 12.8 Å². The lowest BCUT2D eigenvalue weighted by Crippen LogP contribution is -2.37. The fourth-order valence-electron chi connectivity index (χ4n) is 1.90. The molecular formula is C15H19F2N3O. The van der Waals surface area contributed by atoms with E-state index in [0.717, 1.165) is 12.6 Å². The maximum Gasteiger partial charge on any atom is 0.227 e. The first-order valence-corrected chi connectivity index (χ1v) is 6.83. The topological polar surface area (TPSA) is 51.0 Å². The molecule has 21 heavy (non-hydrogen) atoms. The molecule has 0 aliphatic rings. The van der Waals surface area contributed by atoms with Gasteiger partial charge in [0.15, 0.2) is 5.82 Å². The lowest BCUT2D eigenvalue weighted by molar-refractivity contribution is 0.359. The Morgan fingerprint density at radius 1 is 1.14 bits per heavy atom. The molecule has 4 nitrogen and oxygen atoms in total. The SMILES string of the molecule is CC(C)(C)NCCc1nc(Cc2cc(F)cc(F)c2)no1. The van der Waals surface area contributed by atoms with Crippen molar-refractivity contribution in [3.8, 4) is 0 Å². The van der Waals surface area contributed by atoms with Crippen LogP contribution in [0.15, 0.2) is 22.7 Å². The molecule has 1 N–H and O–H groups in total. The van der Waals surface area contributed by atoms with E-state index < -0.39 is 11.6 Å². The van der Waals surface area contributed by atoms with E-state index in [9.17, 15) is 8.78 Å². The van der Waals surface area contributed by atoms with Gasteiger partial charge in [-0.15, -0.1) is 0 Å². The van der Waals surface area contributed by atoms with Crippen LogP contribution in [0.1, 0.15) is 38.0 Å². The minimum Gasteiger partial charge on any atom is -0.339 e. The Morgan fingerprint density at radius 3 is 2.43 bits per heavy atom. The highest BCUT2D eigenvalue weighted by atomic mass is 19.1. The summed E-state index contributed by atoms with van der Waals surface area (Å²) in [4.78, 5) is 4.22. The van der Waals surface area contributed by atoms with Gasteiger partial charge in [0.05, 0.1) is 0 Å². The second-order valence-electron chi connectivity index (χ2n) is 5.99. The summed E-state index contributed by atoms with van der Waals surface area (Å²) in [6.07, 6.45) is 0.854. The number of halogens is 2. The first kappa shape index (κ1) is 15.6. The van der Waals surface area contributed by atoms with Crippen LogP contribution in [-0.4, -0.2) is 22.2 Å². The predicted octanol–water partition coefficient (Wildman–Crippen LogP) is 2.87. The molecule has 0 atom stereocenters. The summed E-state index contributed by atoms with van der Waals surface area (Å²) in [7, 11) is 0. The monoisotopic (exact) mass is 295 g/mol. The zero-order valence-corrected chi connectivity index (χ0v) is 12.4. The standard InChI is InChI=1S/C15H19F2N3O/c1-15(2,3)18-5-4-14-19-13(20-21-14)8-10-6-11(16)9-12(17)7-10/h6-7,9,18H,4-5,8H2,1-3H3. The molecular weight excluding hydrogens is 276 g/mol. The van der Waals surface area contributed by atoms with Crippen molar-refractivity contribution < 1.29 is 13.3 Å². The number of nitrogens with zero attached hydrogens (tertiary/aromatic N) is 2. The van der Waals surface area contributed by atoms with Crippen molar-refractivity contribution in [3.05, 3.63) is 47.1 Å². The number of hydrogen-bond donors (Lipinski definition) is 1. The summed E-state index contributed by atoms with van der Waals surface area (Å²) in [5.74, 6) is -0.282. The zero-order chi connectivity index (χ0) is 15.5. The lowest BCUT2D eigenvalue weighted by atomic mass is 10.1. The Balaban J connectivity index is 1.93. The molecule has 2 aromatic rings. The molecule has 6 heteroatoms. The molecule has 1 aromatic heterocycles. The van der Waals surface area contributed by atoms with Crippen molar-refractivity contribution in [2.45, 2.75) is 39.2 Å². The van der Waals surface area contributed by atoms with Crippen LogP contribution >= 0.6 is 0 Å². The van der Waals surface area contributed by atoms with Gasteiger partial charge in [-0.05, 0) is 38.5 Å². The van der Waals surface area contributed by atoms with Crippen LogP contribution in [0.3, 0.4) is 0 Å². The van der Waals surface area contributed by atoms with E-state index in [1.165, 1.54) is 12.1 Å². The second kappa shape index (κ2) is 6.30. The lowest BCUT2D eigenvalue weighted by Gasteiger charge is -2.19. The highest BCUT2D eigenvalue weighted by Crippen LogP contribution is 2.12. The van der Waals surface area contributed by atoms with Crippen molar-refractivity contribution in [2.75, 3.05) is 6.54 Å². The third-order valence-electron chi connectivity index (χ3n) is 2.79. The van der Waals surface area contributed by atoms with E-state index in [2.05, 4.69) is 36.2 Å². The smallest absolute Gasteiger partial charge is 0.227 e. The first-order valence-electron chi connectivity index (χ1n) is 6.83. The fourth-order valence-corrected chi connectivity index (χ4v) is 1.90. The Labute approximate surface area is 122 Å².